The predicted octanol–water partition coefficient (Wildman–Crippen LogP) is 4.74. The van der Waals surface area contributed by atoms with E-state index in [0.717, 1.165) is 49.0 Å². The largest absolute Gasteiger partial charge is 0.508 e. The van der Waals surface area contributed by atoms with Crippen LogP contribution >= 0.6 is 0 Å². The number of unbranched alkanes of at least 4 members (excludes halogenated alkanes) is 2. The molecule has 2 heterocycles. The second-order valence-electron chi connectivity index (χ2n) is 14.2. The summed E-state index contributed by atoms with van der Waals surface area (Å²) in [4.78, 5) is 44.9. The summed E-state index contributed by atoms with van der Waals surface area (Å²) in [5, 5.41) is 15.6. The molecule has 2 fully saturated rings. The number of sulfonamides is 1. The zero-order valence-corrected chi connectivity index (χ0v) is 32.7. The number of ether oxygens (including phenoxy) is 1. The molecule has 0 aliphatic carbocycles. The van der Waals surface area contributed by atoms with Gasteiger partial charge in [-0.3, -0.25) is 19.8 Å². The van der Waals surface area contributed by atoms with Gasteiger partial charge in [0.05, 0.1) is 18.0 Å². The number of carbonyl (C=O) groups is 3. The van der Waals surface area contributed by atoms with Crippen molar-refractivity contribution in [2.75, 3.05) is 76.5 Å². The summed E-state index contributed by atoms with van der Waals surface area (Å²) in [6, 6.07) is 24.4. The number of para-hydroxylation sites is 1. The molecule has 3 amide bonds. The number of likely N-dealkylation sites (tertiary alicyclic amines) is 1. The summed E-state index contributed by atoms with van der Waals surface area (Å²) < 4.78 is 31.7. The van der Waals surface area contributed by atoms with E-state index in [2.05, 4.69) is 15.5 Å². The highest BCUT2D eigenvalue weighted by Crippen LogP contribution is 2.28. The van der Waals surface area contributed by atoms with Gasteiger partial charge in [0.15, 0.2) is 0 Å². The maximum Gasteiger partial charge on any atom is 0.411 e. The summed E-state index contributed by atoms with van der Waals surface area (Å²) in [5.41, 5.74) is 3.57. The molecule has 3 aromatic rings. The highest BCUT2D eigenvalue weighted by Gasteiger charge is 2.28. The maximum atomic E-state index is 13.4. The summed E-state index contributed by atoms with van der Waals surface area (Å²) in [6.45, 7) is 7.33. The highest BCUT2D eigenvalue weighted by atomic mass is 32.2. The molecule has 0 aromatic heterocycles. The molecule has 0 saturated carbocycles. The van der Waals surface area contributed by atoms with Crippen LogP contribution in [-0.4, -0.2) is 128 Å². The molecular weight excluding hydrogens is 721 g/mol. The molecule has 2 aliphatic heterocycles. The molecule has 3 aromatic carbocycles. The van der Waals surface area contributed by atoms with Gasteiger partial charge < -0.3 is 25.0 Å². The van der Waals surface area contributed by atoms with Crippen LogP contribution in [0.1, 0.15) is 51.0 Å². The molecule has 13 nitrogen and oxygen atoms in total. The Balaban J connectivity index is 0.956. The SMILES string of the molecule is CCS(=O)(=O)N1CCN(CC(=O)N(CCCCCNC(=O)CCN2CCC(OC(=O)Nc3ccccc3-c3ccccc3)CC2)Cc2ccc(O)cc2)CC1. The first-order valence-electron chi connectivity index (χ1n) is 19.5. The lowest BCUT2D eigenvalue weighted by Crippen LogP contribution is -2.51. The van der Waals surface area contributed by atoms with Gasteiger partial charge in [-0.25, -0.2) is 13.2 Å². The van der Waals surface area contributed by atoms with Crippen LogP contribution in [0.3, 0.4) is 0 Å². The summed E-state index contributed by atoms with van der Waals surface area (Å²) in [5.74, 6) is 0.228. The third kappa shape index (κ3) is 13.3. The number of phenolic OH excluding ortho intramolecular Hbond substituents is 1. The number of hydrogen-bond donors (Lipinski definition) is 3. The molecule has 2 saturated heterocycles. The number of aromatic hydroxyl groups is 1. The summed E-state index contributed by atoms with van der Waals surface area (Å²) in [7, 11) is -3.24. The second kappa shape index (κ2) is 21.0. The third-order valence-electron chi connectivity index (χ3n) is 10.2. The molecule has 55 heavy (non-hydrogen) atoms. The molecule has 0 atom stereocenters. The van der Waals surface area contributed by atoms with E-state index in [-0.39, 0.29) is 36.0 Å². The van der Waals surface area contributed by atoms with Crippen LogP contribution in [0.2, 0.25) is 0 Å². The Bertz CT molecular complexity index is 1780. The van der Waals surface area contributed by atoms with Crippen LogP contribution in [0.15, 0.2) is 78.9 Å². The van der Waals surface area contributed by atoms with Gasteiger partial charge in [0, 0.05) is 77.4 Å². The summed E-state index contributed by atoms with van der Waals surface area (Å²) >= 11 is 0. The van der Waals surface area contributed by atoms with E-state index >= 15 is 0 Å². The van der Waals surface area contributed by atoms with Gasteiger partial charge in [-0.1, -0.05) is 60.7 Å². The third-order valence-corrected chi connectivity index (χ3v) is 12.1. The number of amides is 3. The number of carbonyl (C=O) groups excluding carboxylic acids is 3. The quantitative estimate of drug-likeness (QED) is 0.156. The topological polar surface area (TPSA) is 152 Å². The Morgan fingerprint density at radius 3 is 2.24 bits per heavy atom. The van der Waals surface area contributed by atoms with Crippen molar-refractivity contribution in [1.29, 1.82) is 0 Å². The van der Waals surface area contributed by atoms with Gasteiger partial charge in [0.1, 0.15) is 11.9 Å². The molecule has 0 spiro atoms. The first-order chi connectivity index (χ1) is 26.6. The zero-order valence-electron chi connectivity index (χ0n) is 31.9. The van der Waals surface area contributed by atoms with Crippen LogP contribution in [0, 0.1) is 0 Å². The minimum absolute atomic E-state index is 0.00537. The highest BCUT2D eigenvalue weighted by molar-refractivity contribution is 7.89. The van der Waals surface area contributed by atoms with Gasteiger partial charge in [0.25, 0.3) is 0 Å². The lowest BCUT2D eigenvalue weighted by molar-refractivity contribution is -0.133. The number of piperidine rings is 1. The zero-order chi connectivity index (χ0) is 39.0. The number of benzene rings is 3. The van der Waals surface area contributed by atoms with Crippen LogP contribution in [0.4, 0.5) is 10.5 Å². The number of nitrogens with zero attached hydrogens (tertiary/aromatic N) is 4. The number of piperazine rings is 1. The molecule has 2 aliphatic rings. The minimum atomic E-state index is -3.24. The Morgan fingerprint density at radius 2 is 1.53 bits per heavy atom. The van der Waals surface area contributed by atoms with E-state index in [1.165, 1.54) is 4.31 Å². The number of nitrogens with one attached hydrogen (secondary N) is 2. The van der Waals surface area contributed by atoms with E-state index in [1.54, 1.807) is 19.1 Å². The van der Waals surface area contributed by atoms with E-state index in [1.807, 2.05) is 76.5 Å². The molecule has 0 radical (unpaired) electrons. The fourth-order valence-electron chi connectivity index (χ4n) is 6.94. The lowest BCUT2D eigenvalue weighted by Gasteiger charge is -2.34. The molecule has 0 unspecified atom stereocenters. The van der Waals surface area contributed by atoms with Crippen molar-refractivity contribution in [3.8, 4) is 16.9 Å². The average Bonchev–Trinajstić information content (AvgIpc) is 3.20. The van der Waals surface area contributed by atoms with E-state index in [4.69, 9.17) is 4.74 Å². The summed E-state index contributed by atoms with van der Waals surface area (Å²) in [6.07, 6.45) is 3.59. The fourth-order valence-corrected chi connectivity index (χ4v) is 8.02. The normalized spacial score (nSPS) is 16.0. The smallest absolute Gasteiger partial charge is 0.411 e. The predicted molar refractivity (Wildman–Crippen MR) is 214 cm³/mol. The first-order valence-corrected chi connectivity index (χ1v) is 21.1. The molecular formula is C41H56N6O7S. The Hall–Kier alpha value is -4.50. The number of anilines is 1. The van der Waals surface area contributed by atoms with Crippen LogP contribution < -0.4 is 10.6 Å². The van der Waals surface area contributed by atoms with E-state index in [0.29, 0.717) is 77.3 Å². The standard InChI is InChI=1S/C41H56N6O7S/c1-2-55(52,53)47-29-27-45(28-30-47)32-40(50)46(31-33-15-17-35(48)18-16-33)23-10-4-9-22-42-39(49)21-26-44-24-19-36(20-25-44)54-41(51)43-38-14-8-7-13-37(38)34-11-5-3-6-12-34/h3,5-8,11-18,36,48H,2,4,9-10,19-32H2,1H3,(H,42,49)(H,43,51). The van der Waals surface area contributed by atoms with Crippen molar-refractivity contribution in [1.82, 2.24) is 24.3 Å². The van der Waals surface area contributed by atoms with Gasteiger partial charge in [-0.05, 0) is 68.4 Å². The van der Waals surface area contributed by atoms with Gasteiger partial charge in [-0.15, -0.1) is 0 Å². The van der Waals surface area contributed by atoms with Crippen molar-refractivity contribution >= 4 is 33.6 Å². The Labute approximate surface area is 325 Å². The van der Waals surface area contributed by atoms with Gasteiger partial charge in [-0.2, -0.15) is 4.31 Å². The van der Waals surface area contributed by atoms with Gasteiger partial charge >= 0.3 is 6.09 Å². The van der Waals surface area contributed by atoms with Crippen molar-refractivity contribution in [2.45, 2.75) is 58.1 Å². The Kier molecular flexibility index (Phi) is 15.9. The molecule has 0 bridgehead atoms. The van der Waals surface area contributed by atoms with Crippen molar-refractivity contribution in [2.24, 2.45) is 0 Å². The minimum Gasteiger partial charge on any atom is -0.508 e. The van der Waals surface area contributed by atoms with Crippen molar-refractivity contribution in [3.05, 3.63) is 84.4 Å². The van der Waals surface area contributed by atoms with E-state index < -0.39 is 16.1 Å². The average molecular weight is 777 g/mol. The van der Waals surface area contributed by atoms with Crippen LogP contribution in [0.25, 0.3) is 11.1 Å². The first kappa shape index (κ1) is 41.7. The van der Waals surface area contributed by atoms with Gasteiger partial charge in [0.2, 0.25) is 21.8 Å². The number of phenols is 1. The molecule has 5 rings (SSSR count). The lowest BCUT2D eigenvalue weighted by atomic mass is 10.0. The second-order valence-corrected chi connectivity index (χ2v) is 16.5. The maximum absolute atomic E-state index is 13.4. The van der Waals surface area contributed by atoms with E-state index in [9.17, 15) is 27.9 Å². The van der Waals surface area contributed by atoms with Crippen LogP contribution in [0.5, 0.6) is 5.75 Å². The molecule has 298 valence electrons. The van der Waals surface area contributed by atoms with Crippen LogP contribution in [-0.2, 0) is 30.9 Å². The Morgan fingerprint density at radius 1 is 0.836 bits per heavy atom. The number of hydrogen-bond acceptors (Lipinski definition) is 9. The molecule has 3 N–H and O–H groups in total. The van der Waals surface area contributed by atoms with Crippen molar-refractivity contribution in [3.63, 3.8) is 0 Å². The molecule has 14 heteroatoms. The fraction of sp³-hybridized carbons (Fsp3) is 0.488. The number of rotatable bonds is 18. The monoisotopic (exact) mass is 776 g/mol. The van der Waals surface area contributed by atoms with Crippen molar-refractivity contribution < 1.29 is 32.6 Å².